The fraction of sp³-hybridized carbons (Fsp3) is 0.692. The predicted molar refractivity (Wildman–Crippen MR) is 127 cm³/mol. The van der Waals surface area contributed by atoms with Gasteiger partial charge in [-0.05, 0) is 62.0 Å². The van der Waals surface area contributed by atoms with E-state index in [1.807, 2.05) is 0 Å². The minimum Gasteiger partial charge on any atom is -0.368 e. The molecule has 0 aliphatic heterocycles. The van der Waals surface area contributed by atoms with Crippen molar-refractivity contribution in [3.63, 3.8) is 0 Å². The summed E-state index contributed by atoms with van der Waals surface area (Å²) in [4.78, 5) is 25.2. The average molecular weight is 479 g/mol. The van der Waals surface area contributed by atoms with Crippen LogP contribution in [0.1, 0.15) is 69.4 Å². The van der Waals surface area contributed by atoms with Gasteiger partial charge in [-0.15, -0.1) is 11.6 Å². The van der Waals surface area contributed by atoms with Gasteiger partial charge in [-0.25, -0.2) is 4.39 Å². The molecule has 0 spiro atoms. The second-order valence-corrected chi connectivity index (χ2v) is 10.8. The lowest BCUT2D eigenvalue weighted by atomic mass is 9.76. The smallest absolute Gasteiger partial charge is 0.246 e. The van der Waals surface area contributed by atoms with Crippen LogP contribution in [0.25, 0.3) is 0 Å². The molecule has 1 aromatic carbocycles. The highest BCUT2D eigenvalue weighted by Crippen LogP contribution is 2.55. The van der Waals surface area contributed by atoms with Crippen molar-refractivity contribution in [1.29, 1.82) is 0 Å². The van der Waals surface area contributed by atoms with Crippen LogP contribution in [0, 0.1) is 11.8 Å². The highest BCUT2D eigenvalue weighted by Gasteiger charge is 2.58. The summed E-state index contributed by atoms with van der Waals surface area (Å²) < 4.78 is 19.4. The van der Waals surface area contributed by atoms with E-state index in [0.717, 1.165) is 24.8 Å². The molecule has 2 amide bonds. The largest absolute Gasteiger partial charge is 0.368 e. The van der Waals surface area contributed by atoms with Crippen LogP contribution in [0.4, 0.5) is 4.39 Å². The third-order valence-corrected chi connectivity index (χ3v) is 8.12. The lowest BCUT2D eigenvalue weighted by molar-refractivity contribution is -0.131. The molecule has 0 aromatic heterocycles. The fourth-order valence-electron chi connectivity index (χ4n) is 5.69. The summed E-state index contributed by atoms with van der Waals surface area (Å²) in [6.07, 6.45) is 5.99. The van der Waals surface area contributed by atoms with Crippen molar-refractivity contribution in [1.82, 2.24) is 10.6 Å². The molecule has 0 heterocycles. The van der Waals surface area contributed by atoms with Gasteiger partial charge < -0.3 is 15.4 Å². The molecule has 4 aliphatic rings. The molecule has 1 aromatic rings. The molecule has 7 heteroatoms. The van der Waals surface area contributed by atoms with Gasteiger partial charge in [0.05, 0.1) is 11.5 Å². The van der Waals surface area contributed by atoms with Crippen LogP contribution in [-0.4, -0.2) is 41.6 Å². The van der Waals surface area contributed by atoms with Crippen molar-refractivity contribution >= 4 is 23.4 Å². The topological polar surface area (TPSA) is 67.4 Å². The molecule has 182 valence electrons. The first-order chi connectivity index (χ1) is 15.9. The number of hydrogen-bond donors (Lipinski definition) is 2. The van der Waals surface area contributed by atoms with E-state index in [4.69, 9.17) is 16.3 Å². The van der Waals surface area contributed by atoms with E-state index in [-0.39, 0.29) is 42.4 Å². The monoisotopic (exact) mass is 478 g/mol. The molecule has 5 rings (SSSR count). The number of alkyl halides is 2. The third kappa shape index (κ3) is 6.07. The summed E-state index contributed by atoms with van der Waals surface area (Å²) in [5.74, 6) is 0.170. The number of fused-ring (bicyclic) bond motifs is 1. The summed E-state index contributed by atoms with van der Waals surface area (Å²) in [7, 11) is 0. The Labute approximate surface area is 201 Å². The van der Waals surface area contributed by atoms with Crippen LogP contribution in [0.5, 0.6) is 0 Å². The Bertz CT molecular complexity index is 827. The summed E-state index contributed by atoms with van der Waals surface area (Å²) >= 11 is 5.91. The minimum atomic E-state index is -1.08. The Morgan fingerprint density at radius 3 is 2.58 bits per heavy atom. The summed E-state index contributed by atoms with van der Waals surface area (Å²) in [5.41, 5.74) is 2.15. The van der Waals surface area contributed by atoms with E-state index < -0.39 is 11.5 Å². The molecule has 4 fully saturated rings. The van der Waals surface area contributed by atoms with Crippen molar-refractivity contribution in [2.24, 2.45) is 11.8 Å². The zero-order valence-corrected chi connectivity index (χ0v) is 20.2. The molecule has 0 radical (unpaired) electrons. The number of aryl methyl sites for hydroxylation is 1. The Hall–Kier alpha value is -1.66. The van der Waals surface area contributed by atoms with Gasteiger partial charge in [0.2, 0.25) is 11.8 Å². The van der Waals surface area contributed by atoms with Crippen molar-refractivity contribution in [2.45, 2.75) is 94.4 Å². The molecule has 4 saturated carbocycles. The van der Waals surface area contributed by atoms with E-state index in [1.54, 1.807) is 0 Å². The van der Waals surface area contributed by atoms with Gasteiger partial charge in [0.1, 0.15) is 12.8 Å². The lowest BCUT2D eigenvalue weighted by Gasteiger charge is -2.39. The molecule has 4 aliphatic carbocycles. The van der Waals surface area contributed by atoms with Crippen LogP contribution >= 0.6 is 11.6 Å². The molecule has 5 nitrogen and oxygen atoms in total. The number of unbranched alkanes of at least 4 members (excludes halogenated alkanes) is 1. The maximum atomic E-state index is 13.7. The van der Waals surface area contributed by atoms with Crippen molar-refractivity contribution in [2.75, 3.05) is 6.61 Å². The van der Waals surface area contributed by atoms with Crippen LogP contribution in [0.15, 0.2) is 24.3 Å². The second-order valence-electron chi connectivity index (χ2n) is 10.2. The number of carbonyl (C=O) groups is 2. The fourth-order valence-corrected chi connectivity index (χ4v) is 5.92. The first-order valence-electron chi connectivity index (χ1n) is 12.4. The quantitative estimate of drug-likeness (QED) is 0.488. The second kappa shape index (κ2) is 10.7. The van der Waals surface area contributed by atoms with Crippen LogP contribution in [0.2, 0.25) is 0 Å². The van der Waals surface area contributed by atoms with Gasteiger partial charge in [-0.2, -0.15) is 0 Å². The normalized spacial score (nSPS) is 32.8. The number of rotatable bonds is 10. The average Bonchev–Trinajstić information content (AvgIpc) is 3.33. The number of halogens is 2. The van der Waals surface area contributed by atoms with Crippen LogP contribution < -0.4 is 10.6 Å². The van der Waals surface area contributed by atoms with Gasteiger partial charge in [-0.1, -0.05) is 37.6 Å². The zero-order chi connectivity index (χ0) is 23.4. The Morgan fingerprint density at radius 2 is 1.88 bits per heavy atom. The molecule has 4 atom stereocenters. The molecule has 4 unspecified atom stereocenters. The van der Waals surface area contributed by atoms with E-state index in [0.29, 0.717) is 31.7 Å². The number of amides is 2. The number of nitrogens with one attached hydrogen (secondary N) is 2. The van der Waals surface area contributed by atoms with Crippen molar-refractivity contribution in [3.05, 3.63) is 35.4 Å². The van der Waals surface area contributed by atoms with Gasteiger partial charge in [0.25, 0.3) is 0 Å². The number of carbonyl (C=O) groups excluding carboxylic acids is 2. The van der Waals surface area contributed by atoms with Crippen LogP contribution in [-0.2, 0) is 27.3 Å². The van der Waals surface area contributed by atoms with Crippen LogP contribution in [0.3, 0.4) is 0 Å². The predicted octanol–water partition coefficient (Wildman–Crippen LogP) is 4.44. The number of hydrogen-bond acceptors (Lipinski definition) is 3. The standard InChI is InChI=1S/C26H36ClFN2O3/c1-2-3-4-17-5-7-18(8-6-17)15-29-25(32)21-14-26(12-19(21)13-26)30-24(31)16-33-20-9-10-22(27)23(28)11-20/h5-8,19-23H,2-4,9-16H2,1H3,(H,29,32)(H,30,31). The molecule has 2 bridgehead atoms. The highest BCUT2D eigenvalue weighted by atomic mass is 35.5. The third-order valence-electron chi connectivity index (χ3n) is 7.63. The first kappa shape index (κ1) is 24.5. The van der Waals surface area contributed by atoms with E-state index in [2.05, 4.69) is 41.8 Å². The first-order valence-corrected chi connectivity index (χ1v) is 12.9. The molecular formula is C26H36ClFN2O3. The lowest BCUT2D eigenvalue weighted by Crippen LogP contribution is -2.53. The summed E-state index contributed by atoms with van der Waals surface area (Å²) in [6.45, 7) is 2.65. The Morgan fingerprint density at radius 1 is 1.15 bits per heavy atom. The van der Waals surface area contributed by atoms with Gasteiger partial charge >= 0.3 is 0 Å². The molecular weight excluding hydrogens is 443 g/mol. The number of ether oxygens (including phenoxy) is 1. The van der Waals surface area contributed by atoms with E-state index >= 15 is 0 Å². The number of benzene rings is 1. The van der Waals surface area contributed by atoms with Gasteiger partial charge in [0, 0.05) is 24.4 Å². The van der Waals surface area contributed by atoms with Crippen molar-refractivity contribution in [3.8, 4) is 0 Å². The maximum Gasteiger partial charge on any atom is 0.246 e. The summed E-state index contributed by atoms with van der Waals surface area (Å²) in [5, 5.41) is 5.74. The minimum absolute atomic E-state index is 0.0543. The van der Waals surface area contributed by atoms with Gasteiger partial charge in [-0.3, -0.25) is 9.59 Å². The Kier molecular flexibility index (Phi) is 7.95. The van der Waals surface area contributed by atoms with E-state index in [9.17, 15) is 14.0 Å². The highest BCUT2D eigenvalue weighted by molar-refractivity contribution is 6.21. The molecule has 0 saturated heterocycles. The molecule has 2 N–H and O–H groups in total. The van der Waals surface area contributed by atoms with Gasteiger partial charge in [0.15, 0.2) is 0 Å². The van der Waals surface area contributed by atoms with E-state index in [1.165, 1.54) is 18.4 Å². The SMILES string of the molecule is CCCCc1ccc(CNC(=O)C2CC3(NC(=O)COC4CCC(Cl)C(F)C4)CC2C3)cc1. The Balaban J connectivity index is 1.18. The zero-order valence-electron chi connectivity index (χ0n) is 19.5. The van der Waals surface area contributed by atoms with Crippen molar-refractivity contribution < 1.29 is 18.7 Å². The molecule has 33 heavy (non-hydrogen) atoms. The summed E-state index contributed by atoms with van der Waals surface area (Å²) in [6, 6.07) is 8.47. The maximum absolute atomic E-state index is 13.7.